The van der Waals surface area contributed by atoms with Crippen LogP contribution < -0.4 is 10.1 Å². The highest BCUT2D eigenvalue weighted by molar-refractivity contribution is 7.09. The summed E-state index contributed by atoms with van der Waals surface area (Å²) in [5.74, 6) is 1.01. The van der Waals surface area contributed by atoms with E-state index in [1.807, 2.05) is 0 Å². The Balaban J connectivity index is 2.00. The molecule has 2 aromatic rings. The van der Waals surface area contributed by atoms with Crippen LogP contribution in [0.25, 0.3) is 0 Å². The Hall–Kier alpha value is -1.32. The Kier molecular flexibility index (Phi) is 6.27. The van der Waals surface area contributed by atoms with Crippen LogP contribution in [0.4, 0.5) is 0 Å². The molecule has 2 rings (SSSR count). The fourth-order valence-corrected chi connectivity index (χ4v) is 3.02. The van der Waals surface area contributed by atoms with Gasteiger partial charge >= 0.3 is 0 Å². The van der Waals surface area contributed by atoms with Gasteiger partial charge in [0, 0.05) is 22.9 Å². The number of rotatable bonds is 8. The number of benzene rings is 1. The third-order valence-corrected chi connectivity index (χ3v) is 4.45. The van der Waals surface area contributed by atoms with Crippen molar-refractivity contribution >= 4 is 11.3 Å². The molecule has 0 bridgehead atoms. The Morgan fingerprint density at radius 3 is 2.86 bits per heavy atom. The van der Waals surface area contributed by atoms with Crippen LogP contribution in [0.2, 0.25) is 0 Å². The lowest BCUT2D eigenvalue weighted by Gasteiger charge is -2.19. The Labute approximate surface area is 132 Å². The van der Waals surface area contributed by atoms with Gasteiger partial charge in [-0.2, -0.15) is 0 Å². The van der Waals surface area contributed by atoms with E-state index in [1.165, 1.54) is 16.0 Å². The van der Waals surface area contributed by atoms with Gasteiger partial charge in [0.25, 0.3) is 0 Å². The van der Waals surface area contributed by atoms with Crippen LogP contribution in [0, 0.1) is 6.92 Å². The van der Waals surface area contributed by atoms with Crippen molar-refractivity contribution in [1.82, 2.24) is 5.32 Å². The van der Waals surface area contributed by atoms with Crippen LogP contribution in [0.5, 0.6) is 5.75 Å². The molecule has 1 unspecified atom stereocenters. The van der Waals surface area contributed by atoms with Crippen molar-refractivity contribution in [2.75, 3.05) is 13.2 Å². The molecule has 1 aromatic carbocycles. The standard InChI is InChI=1S/C18H25NOS/c1-4-10-19-15(3)17-13-14(2)7-8-18(17)20-11-9-16-6-5-12-21-16/h5-8,12-13,15,19H,4,9-11H2,1-3H3. The number of ether oxygens (including phenoxy) is 1. The van der Waals surface area contributed by atoms with Gasteiger partial charge in [0.05, 0.1) is 6.61 Å². The Morgan fingerprint density at radius 2 is 2.14 bits per heavy atom. The molecule has 0 radical (unpaired) electrons. The molecule has 3 heteroatoms. The van der Waals surface area contributed by atoms with Crippen LogP contribution in [0.1, 0.15) is 42.3 Å². The fourth-order valence-electron chi connectivity index (χ4n) is 2.32. The van der Waals surface area contributed by atoms with E-state index in [2.05, 4.69) is 61.8 Å². The molecular formula is C18H25NOS. The van der Waals surface area contributed by atoms with Gasteiger partial charge in [-0.1, -0.05) is 30.7 Å². The molecule has 0 aliphatic carbocycles. The van der Waals surface area contributed by atoms with E-state index in [1.54, 1.807) is 11.3 Å². The van der Waals surface area contributed by atoms with Gasteiger partial charge in [-0.25, -0.2) is 0 Å². The Bertz CT molecular complexity index is 536. The predicted molar refractivity (Wildman–Crippen MR) is 91.4 cm³/mol. The first-order valence-electron chi connectivity index (χ1n) is 7.69. The van der Waals surface area contributed by atoms with E-state index < -0.39 is 0 Å². The summed E-state index contributed by atoms with van der Waals surface area (Å²) >= 11 is 1.79. The zero-order valence-electron chi connectivity index (χ0n) is 13.2. The van der Waals surface area contributed by atoms with Crippen molar-refractivity contribution < 1.29 is 4.74 Å². The summed E-state index contributed by atoms with van der Waals surface area (Å²) in [6, 6.07) is 11.0. The molecule has 0 amide bonds. The molecule has 1 atom stereocenters. The van der Waals surface area contributed by atoms with Crippen molar-refractivity contribution in [3.05, 3.63) is 51.7 Å². The molecule has 0 fully saturated rings. The minimum atomic E-state index is 0.321. The monoisotopic (exact) mass is 303 g/mol. The van der Waals surface area contributed by atoms with E-state index in [-0.39, 0.29) is 0 Å². The first-order valence-corrected chi connectivity index (χ1v) is 8.57. The van der Waals surface area contributed by atoms with E-state index in [4.69, 9.17) is 4.74 Å². The molecule has 0 saturated carbocycles. The molecule has 1 N–H and O–H groups in total. The quantitative estimate of drug-likeness (QED) is 0.760. The molecule has 1 heterocycles. The maximum atomic E-state index is 6.03. The second-order valence-electron chi connectivity index (χ2n) is 5.39. The number of thiophene rings is 1. The summed E-state index contributed by atoms with van der Waals surface area (Å²) in [5, 5.41) is 5.66. The van der Waals surface area contributed by atoms with Crippen molar-refractivity contribution in [2.24, 2.45) is 0 Å². The van der Waals surface area contributed by atoms with Crippen molar-refractivity contribution in [3.8, 4) is 5.75 Å². The predicted octanol–water partition coefficient (Wildman–Crippen LogP) is 4.74. The molecular weight excluding hydrogens is 278 g/mol. The highest BCUT2D eigenvalue weighted by atomic mass is 32.1. The van der Waals surface area contributed by atoms with Crippen molar-refractivity contribution in [1.29, 1.82) is 0 Å². The van der Waals surface area contributed by atoms with Gasteiger partial charge < -0.3 is 10.1 Å². The third kappa shape index (κ3) is 4.87. The maximum absolute atomic E-state index is 6.03. The first kappa shape index (κ1) is 16.1. The summed E-state index contributed by atoms with van der Waals surface area (Å²) < 4.78 is 6.03. The normalized spacial score (nSPS) is 12.3. The molecule has 21 heavy (non-hydrogen) atoms. The van der Waals surface area contributed by atoms with Crippen LogP contribution in [-0.4, -0.2) is 13.2 Å². The van der Waals surface area contributed by atoms with E-state index in [9.17, 15) is 0 Å². The lowest BCUT2D eigenvalue weighted by molar-refractivity contribution is 0.316. The SMILES string of the molecule is CCCNC(C)c1cc(C)ccc1OCCc1cccs1. The summed E-state index contributed by atoms with van der Waals surface area (Å²) in [7, 11) is 0. The van der Waals surface area contributed by atoms with Gasteiger partial charge in [-0.05, 0) is 44.3 Å². The minimum Gasteiger partial charge on any atom is -0.493 e. The maximum Gasteiger partial charge on any atom is 0.124 e. The zero-order chi connectivity index (χ0) is 15.1. The summed E-state index contributed by atoms with van der Waals surface area (Å²) in [5.41, 5.74) is 2.54. The average Bonchev–Trinajstić information content (AvgIpc) is 2.99. The van der Waals surface area contributed by atoms with Crippen LogP contribution >= 0.6 is 11.3 Å². The number of nitrogens with one attached hydrogen (secondary N) is 1. The summed E-state index contributed by atoms with van der Waals surface area (Å²) in [6.07, 6.45) is 2.12. The zero-order valence-corrected chi connectivity index (χ0v) is 14.0. The van der Waals surface area contributed by atoms with Gasteiger partial charge in [0.15, 0.2) is 0 Å². The third-order valence-electron chi connectivity index (χ3n) is 3.52. The lowest BCUT2D eigenvalue weighted by Crippen LogP contribution is -2.20. The average molecular weight is 303 g/mol. The fraction of sp³-hybridized carbons (Fsp3) is 0.444. The van der Waals surface area contributed by atoms with Gasteiger partial charge in [0.2, 0.25) is 0 Å². The van der Waals surface area contributed by atoms with Gasteiger partial charge in [0.1, 0.15) is 5.75 Å². The van der Waals surface area contributed by atoms with Gasteiger partial charge in [-0.3, -0.25) is 0 Å². The molecule has 1 aromatic heterocycles. The van der Waals surface area contributed by atoms with Crippen LogP contribution in [0.3, 0.4) is 0 Å². The summed E-state index contributed by atoms with van der Waals surface area (Å²) in [6.45, 7) is 8.29. The highest BCUT2D eigenvalue weighted by Gasteiger charge is 2.11. The molecule has 0 aliphatic heterocycles. The number of hydrogen-bond acceptors (Lipinski definition) is 3. The van der Waals surface area contributed by atoms with Crippen molar-refractivity contribution in [2.45, 2.75) is 39.7 Å². The van der Waals surface area contributed by atoms with Crippen LogP contribution in [0.15, 0.2) is 35.7 Å². The highest BCUT2D eigenvalue weighted by Crippen LogP contribution is 2.26. The van der Waals surface area contributed by atoms with Gasteiger partial charge in [-0.15, -0.1) is 11.3 Å². The molecule has 0 spiro atoms. The van der Waals surface area contributed by atoms with E-state index in [0.29, 0.717) is 6.04 Å². The second-order valence-corrected chi connectivity index (χ2v) is 6.43. The van der Waals surface area contributed by atoms with E-state index >= 15 is 0 Å². The molecule has 2 nitrogen and oxygen atoms in total. The smallest absolute Gasteiger partial charge is 0.124 e. The van der Waals surface area contributed by atoms with Crippen LogP contribution in [-0.2, 0) is 6.42 Å². The second kappa shape index (κ2) is 8.20. The largest absolute Gasteiger partial charge is 0.493 e. The minimum absolute atomic E-state index is 0.321. The lowest BCUT2D eigenvalue weighted by atomic mass is 10.0. The van der Waals surface area contributed by atoms with Crippen molar-refractivity contribution in [3.63, 3.8) is 0 Å². The molecule has 0 saturated heterocycles. The Morgan fingerprint density at radius 1 is 1.29 bits per heavy atom. The summed E-state index contributed by atoms with van der Waals surface area (Å²) in [4.78, 5) is 1.38. The number of aryl methyl sites for hydroxylation is 1. The first-order chi connectivity index (χ1) is 10.2. The number of hydrogen-bond donors (Lipinski definition) is 1. The molecule has 114 valence electrons. The molecule has 0 aliphatic rings. The topological polar surface area (TPSA) is 21.3 Å². The van der Waals surface area contributed by atoms with E-state index in [0.717, 1.165) is 31.7 Å².